The number of hydrogen-bond donors (Lipinski definition) is 1. The molecule has 0 radical (unpaired) electrons. The smallest absolute Gasteiger partial charge is 0.237 e. The molecule has 0 spiro atoms. The van der Waals surface area contributed by atoms with Crippen LogP contribution >= 0.6 is 11.8 Å². The highest BCUT2D eigenvalue weighted by Crippen LogP contribution is 2.31. The summed E-state index contributed by atoms with van der Waals surface area (Å²) in [6.07, 6.45) is 2.05. The number of nitrogens with one attached hydrogen (secondary N) is 1. The quantitative estimate of drug-likeness (QED) is 0.715. The van der Waals surface area contributed by atoms with Crippen LogP contribution in [0.5, 0.6) is 0 Å². The largest absolute Gasteiger partial charge is 0.333 e. The number of nitrogens with zero attached hydrogens (tertiary/aromatic N) is 2. The summed E-state index contributed by atoms with van der Waals surface area (Å²) in [7, 11) is 0. The van der Waals surface area contributed by atoms with E-state index in [9.17, 15) is 4.79 Å². The zero-order valence-corrected chi connectivity index (χ0v) is 15.3. The Morgan fingerprint density at radius 1 is 1.32 bits per heavy atom. The second kappa shape index (κ2) is 6.56. The van der Waals surface area contributed by atoms with E-state index >= 15 is 0 Å². The summed E-state index contributed by atoms with van der Waals surface area (Å²) in [5, 5.41) is 0.798. The van der Waals surface area contributed by atoms with Crippen LogP contribution in [-0.4, -0.2) is 27.7 Å². The van der Waals surface area contributed by atoms with Crippen LogP contribution in [0.4, 0.5) is 5.69 Å². The van der Waals surface area contributed by atoms with E-state index in [4.69, 9.17) is 0 Å². The molecule has 1 N–H and O–H groups in total. The van der Waals surface area contributed by atoms with Gasteiger partial charge in [-0.1, -0.05) is 36.0 Å². The van der Waals surface area contributed by atoms with Gasteiger partial charge >= 0.3 is 0 Å². The van der Waals surface area contributed by atoms with Crippen LogP contribution in [0.2, 0.25) is 0 Å². The lowest BCUT2D eigenvalue weighted by atomic mass is 9.97. The van der Waals surface area contributed by atoms with Crippen molar-refractivity contribution in [3.8, 4) is 0 Å². The Hall–Kier alpha value is -2.27. The van der Waals surface area contributed by atoms with Crippen LogP contribution in [0.1, 0.15) is 24.5 Å². The number of hydrogen-bond acceptors (Lipinski definition) is 3. The molecule has 1 amide bonds. The van der Waals surface area contributed by atoms with Crippen molar-refractivity contribution in [1.29, 1.82) is 0 Å². The molecule has 5 heteroatoms. The number of carbonyl (C=O) groups excluding carboxylic acids is 1. The first-order valence-electron chi connectivity index (χ1n) is 8.61. The third kappa shape index (κ3) is 3.16. The maximum atomic E-state index is 12.9. The van der Waals surface area contributed by atoms with E-state index in [1.807, 2.05) is 23.1 Å². The van der Waals surface area contributed by atoms with E-state index in [0.717, 1.165) is 34.7 Å². The van der Waals surface area contributed by atoms with Crippen LogP contribution in [0.3, 0.4) is 0 Å². The molecule has 4 nitrogen and oxygen atoms in total. The normalized spacial score (nSPS) is 16.9. The van der Waals surface area contributed by atoms with Gasteiger partial charge in [-0.2, -0.15) is 0 Å². The minimum Gasteiger partial charge on any atom is -0.333 e. The second-order valence-corrected chi connectivity index (χ2v) is 7.60. The summed E-state index contributed by atoms with van der Waals surface area (Å²) in [6, 6.07) is 14.6. The standard InChI is InChI=1S/C20H21N3OS/c1-13-7-10-16-17(11-13)22-20(21-16)25-12-19(24)23-14(2)8-9-15-5-3-4-6-18(15)23/h3-7,10-11,14H,8-9,12H2,1-2H3,(H,21,22)/t14-/m1/s1. The van der Waals surface area contributed by atoms with Crippen molar-refractivity contribution >= 4 is 34.4 Å². The molecule has 1 aromatic heterocycles. The zero-order chi connectivity index (χ0) is 17.4. The van der Waals surface area contributed by atoms with Gasteiger partial charge in [0.15, 0.2) is 5.16 Å². The van der Waals surface area contributed by atoms with Crippen LogP contribution in [-0.2, 0) is 11.2 Å². The number of carbonyl (C=O) groups is 1. The lowest BCUT2D eigenvalue weighted by Gasteiger charge is -2.35. The number of anilines is 1. The highest BCUT2D eigenvalue weighted by Gasteiger charge is 2.27. The number of rotatable bonds is 3. The second-order valence-electron chi connectivity index (χ2n) is 6.63. The summed E-state index contributed by atoms with van der Waals surface area (Å²) in [6.45, 7) is 4.19. The molecule has 2 heterocycles. The maximum Gasteiger partial charge on any atom is 0.237 e. The van der Waals surface area contributed by atoms with Crippen molar-refractivity contribution in [2.75, 3.05) is 10.7 Å². The van der Waals surface area contributed by atoms with E-state index in [-0.39, 0.29) is 11.9 Å². The van der Waals surface area contributed by atoms with E-state index in [1.54, 1.807) is 0 Å². The number of benzene rings is 2. The molecule has 4 rings (SSSR count). The van der Waals surface area contributed by atoms with Gasteiger partial charge in [0, 0.05) is 11.7 Å². The molecule has 128 valence electrons. The lowest BCUT2D eigenvalue weighted by Crippen LogP contribution is -2.43. The number of H-pyrrole nitrogens is 1. The minimum absolute atomic E-state index is 0.140. The van der Waals surface area contributed by atoms with Gasteiger partial charge in [0.1, 0.15) is 0 Å². The molecule has 0 saturated carbocycles. The Kier molecular flexibility index (Phi) is 4.25. The van der Waals surface area contributed by atoms with Crippen molar-refractivity contribution in [2.24, 2.45) is 0 Å². The first-order valence-corrected chi connectivity index (χ1v) is 9.59. The SMILES string of the molecule is Cc1ccc2nc(SCC(=O)N3c4ccccc4CC[C@H]3C)[nH]c2c1. The fourth-order valence-electron chi connectivity index (χ4n) is 3.44. The summed E-state index contributed by atoms with van der Waals surface area (Å²) >= 11 is 1.47. The number of aromatic nitrogens is 2. The van der Waals surface area contributed by atoms with E-state index in [1.165, 1.54) is 22.9 Å². The van der Waals surface area contributed by atoms with Gasteiger partial charge in [-0.25, -0.2) is 4.98 Å². The first-order chi connectivity index (χ1) is 12.1. The summed E-state index contributed by atoms with van der Waals surface area (Å²) in [5.41, 5.74) is 5.48. The van der Waals surface area contributed by atoms with Crippen LogP contribution in [0.25, 0.3) is 11.0 Å². The Morgan fingerprint density at radius 2 is 2.16 bits per heavy atom. The summed E-state index contributed by atoms with van der Waals surface area (Å²) < 4.78 is 0. The Morgan fingerprint density at radius 3 is 3.04 bits per heavy atom. The molecule has 0 fully saturated rings. The fourth-order valence-corrected chi connectivity index (χ4v) is 4.18. The van der Waals surface area contributed by atoms with Crippen LogP contribution in [0.15, 0.2) is 47.6 Å². The van der Waals surface area contributed by atoms with E-state index in [2.05, 4.69) is 48.1 Å². The van der Waals surface area contributed by atoms with Gasteiger partial charge in [-0.3, -0.25) is 4.79 Å². The Labute approximate surface area is 151 Å². The number of para-hydroxylation sites is 1. The van der Waals surface area contributed by atoms with Gasteiger partial charge in [-0.05, 0) is 56.0 Å². The Bertz CT molecular complexity index is 934. The number of thioether (sulfide) groups is 1. The van der Waals surface area contributed by atoms with Gasteiger partial charge in [0.05, 0.1) is 16.8 Å². The predicted molar refractivity (Wildman–Crippen MR) is 103 cm³/mol. The summed E-state index contributed by atoms with van der Waals surface area (Å²) in [4.78, 5) is 22.7. The topological polar surface area (TPSA) is 49.0 Å². The molecule has 0 unspecified atom stereocenters. The molecule has 1 atom stereocenters. The average molecular weight is 351 g/mol. The predicted octanol–water partition coefficient (Wildman–Crippen LogP) is 4.33. The molecule has 1 aliphatic rings. The van der Waals surface area contributed by atoms with E-state index in [0.29, 0.717) is 5.75 Å². The van der Waals surface area contributed by atoms with Crippen molar-refractivity contribution in [3.05, 3.63) is 53.6 Å². The highest BCUT2D eigenvalue weighted by atomic mass is 32.2. The summed E-state index contributed by atoms with van der Waals surface area (Å²) in [5.74, 6) is 0.526. The van der Waals surface area contributed by atoms with E-state index < -0.39 is 0 Å². The third-order valence-electron chi connectivity index (χ3n) is 4.74. The number of imidazole rings is 1. The van der Waals surface area contributed by atoms with Crippen LogP contribution < -0.4 is 4.90 Å². The molecule has 0 aliphatic carbocycles. The van der Waals surface area contributed by atoms with Gasteiger partial charge in [-0.15, -0.1) is 0 Å². The van der Waals surface area contributed by atoms with Gasteiger partial charge in [0.25, 0.3) is 0 Å². The van der Waals surface area contributed by atoms with Crippen molar-refractivity contribution in [2.45, 2.75) is 37.9 Å². The minimum atomic E-state index is 0.140. The van der Waals surface area contributed by atoms with Crippen molar-refractivity contribution in [3.63, 3.8) is 0 Å². The van der Waals surface area contributed by atoms with Gasteiger partial charge < -0.3 is 9.88 Å². The number of amides is 1. The molecule has 0 bridgehead atoms. The van der Waals surface area contributed by atoms with Crippen molar-refractivity contribution in [1.82, 2.24) is 9.97 Å². The van der Waals surface area contributed by atoms with Crippen LogP contribution in [0, 0.1) is 6.92 Å². The van der Waals surface area contributed by atoms with Gasteiger partial charge in [0.2, 0.25) is 5.91 Å². The fraction of sp³-hybridized carbons (Fsp3) is 0.300. The molecule has 25 heavy (non-hydrogen) atoms. The molecular formula is C20H21N3OS. The maximum absolute atomic E-state index is 12.9. The number of aryl methyl sites for hydroxylation is 2. The first kappa shape index (κ1) is 16.2. The average Bonchev–Trinajstić information content (AvgIpc) is 3.01. The number of aromatic amines is 1. The zero-order valence-electron chi connectivity index (χ0n) is 14.5. The molecule has 3 aromatic rings. The lowest BCUT2D eigenvalue weighted by molar-refractivity contribution is -0.116. The molecular weight excluding hydrogens is 330 g/mol. The molecule has 2 aromatic carbocycles. The Balaban J connectivity index is 1.51. The highest BCUT2D eigenvalue weighted by molar-refractivity contribution is 7.99. The monoisotopic (exact) mass is 351 g/mol. The number of fused-ring (bicyclic) bond motifs is 2. The van der Waals surface area contributed by atoms with Crippen molar-refractivity contribution < 1.29 is 4.79 Å². The molecule has 0 saturated heterocycles. The molecule has 1 aliphatic heterocycles. The third-order valence-corrected chi connectivity index (χ3v) is 5.60.